The molecule has 0 amide bonds. The van der Waals surface area contributed by atoms with Crippen molar-refractivity contribution in [3.63, 3.8) is 0 Å². The Morgan fingerprint density at radius 3 is 2.17 bits per heavy atom. The van der Waals surface area contributed by atoms with E-state index in [9.17, 15) is 5.21 Å². The number of nitrogens with zero attached hydrogens (tertiary/aromatic N) is 2. The molecule has 62 valence electrons. The van der Waals surface area contributed by atoms with Gasteiger partial charge in [0.05, 0.1) is 5.51 Å². The Labute approximate surface area is 74.5 Å². The molecule has 0 bridgehead atoms. The average molecular weight is 180 g/mol. The fourth-order valence-corrected chi connectivity index (χ4v) is 0.910. The fourth-order valence-electron chi connectivity index (χ4n) is 0.559. The lowest BCUT2D eigenvalue weighted by Crippen LogP contribution is -2.22. The standard InChI is InChI=1S/C5H5NO.C3H3NS/c7-6-4-2-1-3-5-6;1-2-5-3-4-1/h1-5H;1-3H. The highest BCUT2D eigenvalue weighted by Gasteiger charge is 1.75. The van der Waals surface area contributed by atoms with Gasteiger partial charge in [0, 0.05) is 23.7 Å². The molecule has 4 heteroatoms. The van der Waals surface area contributed by atoms with Crippen LogP contribution in [0.3, 0.4) is 0 Å². The first-order valence-electron chi connectivity index (χ1n) is 3.35. The quantitative estimate of drug-likeness (QED) is 0.455. The monoisotopic (exact) mass is 180 g/mol. The van der Waals surface area contributed by atoms with E-state index in [1.54, 1.807) is 41.2 Å². The molecule has 0 atom stereocenters. The van der Waals surface area contributed by atoms with E-state index in [0.29, 0.717) is 0 Å². The average Bonchev–Trinajstić information content (AvgIpc) is 2.62. The minimum absolute atomic E-state index is 0.750. The maximum absolute atomic E-state index is 10.2. The van der Waals surface area contributed by atoms with Gasteiger partial charge in [-0.1, -0.05) is 6.07 Å². The highest BCUT2D eigenvalue weighted by molar-refractivity contribution is 7.07. The first-order chi connectivity index (χ1) is 5.89. The maximum Gasteiger partial charge on any atom is 0.180 e. The zero-order chi connectivity index (χ0) is 8.65. The van der Waals surface area contributed by atoms with E-state index in [1.807, 2.05) is 5.38 Å². The SMILES string of the molecule is [O-][n+]1ccccc1.c1cscn1. The highest BCUT2D eigenvalue weighted by atomic mass is 32.1. The summed E-state index contributed by atoms with van der Waals surface area (Å²) >= 11 is 1.60. The maximum atomic E-state index is 10.2. The molecule has 0 spiro atoms. The van der Waals surface area contributed by atoms with Crippen molar-refractivity contribution in [1.29, 1.82) is 0 Å². The molecule has 3 nitrogen and oxygen atoms in total. The lowest BCUT2D eigenvalue weighted by Gasteiger charge is -1.88. The number of hydrogen-bond acceptors (Lipinski definition) is 3. The van der Waals surface area contributed by atoms with Crippen molar-refractivity contribution < 1.29 is 4.73 Å². The molecule has 0 saturated heterocycles. The predicted molar refractivity (Wildman–Crippen MR) is 47.5 cm³/mol. The number of aromatic nitrogens is 2. The molecule has 0 fully saturated rings. The molecule has 0 N–H and O–H groups in total. The lowest BCUT2D eigenvalue weighted by molar-refractivity contribution is -0.605. The van der Waals surface area contributed by atoms with Crippen LogP contribution in [0.4, 0.5) is 0 Å². The van der Waals surface area contributed by atoms with Gasteiger partial charge >= 0.3 is 0 Å². The molecule has 2 aromatic heterocycles. The molecule has 2 aromatic rings. The minimum Gasteiger partial charge on any atom is -0.619 e. The summed E-state index contributed by atoms with van der Waals surface area (Å²) in [5.41, 5.74) is 1.79. The largest absolute Gasteiger partial charge is 0.619 e. The van der Waals surface area contributed by atoms with Gasteiger partial charge in [0.15, 0.2) is 12.4 Å². The van der Waals surface area contributed by atoms with Crippen LogP contribution in [0.2, 0.25) is 0 Å². The van der Waals surface area contributed by atoms with E-state index >= 15 is 0 Å². The molecule has 0 aliphatic heterocycles. The van der Waals surface area contributed by atoms with Crippen LogP contribution in [0.15, 0.2) is 47.7 Å². The first kappa shape index (κ1) is 8.67. The third-order valence-electron chi connectivity index (χ3n) is 1.04. The number of pyridine rings is 1. The van der Waals surface area contributed by atoms with Crippen LogP contribution in [-0.2, 0) is 0 Å². The summed E-state index contributed by atoms with van der Waals surface area (Å²) < 4.78 is 0.750. The van der Waals surface area contributed by atoms with Crippen molar-refractivity contribution in [3.05, 3.63) is 52.9 Å². The Kier molecular flexibility index (Phi) is 3.80. The van der Waals surface area contributed by atoms with Gasteiger partial charge in [0.1, 0.15) is 0 Å². The molecular weight excluding hydrogens is 172 g/mol. The molecule has 0 radical (unpaired) electrons. The minimum atomic E-state index is 0.750. The normalized spacial score (nSPS) is 8.33. The van der Waals surface area contributed by atoms with Crippen molar-refractivity contribution in [2.24, 2.45) is 0 Å². The van der Waals surface area contributed by atoms with Crippen LogP contribution in [-0.4, -0.2) is 4.98 Å². The van der Waals surface area contributed by atoms with Crippen molar-refractivity contribution in [1.82, 2.24) is 4.98 Å². The van der Waals surface area contributed by atoms with Gasteiger partial charge in [-0.05, 0) is 0 Å². The molecule has 0 saturated carbocycles. The first-order valence-corrected chi connectivity index (χ1v) is 4.30. The third-order valence-corrected chi connectivity index (χ3v) is 1.56. The zero-order valence-corrected chi connectivity index (χ0v) is 7.15. The van der Waals surface area contributed by atoms with Crippen LogP contribution in [0.1, 0.15) is 0 Å². The predicted octanol–water partition coefficient (Wildman–Crippen LogP) is 1.46. The highest BCUT2D eigenvalue weighted by Crippen LogP contribution is 1.85. The summed E-state index contributed by atoms with van der Waals surface area (Å²) in [6, 6.07) is 5.18. The Hall–Kier alpha value is -1.42. The van der Waals surface area contributed by atoms with Crippen molar-refractivity contribution in [3.8, 4) is 0 Å². The van der Waals surface area contributed by atoms with Crippen LogP contribution >= 0.6 is 11.3 Å². The molecule has 0 aliphatic carbocycles. The van der Waals surface area contributed by atoms with Gasteiger partial charge in [0.25, 0.3) is 0 Å². The van der Waals surface area contributed by atoms with Crippen molar-refractivity contribution in [2.45, 2.75) is 0 Å². The molecular formula is C8H8N2OS. The fraction of sp³-hybridized carbons (Fsp3) is 0. The van der Waals surface area contributed by atoms with Gasteiger partial charge in [0.2, 0.25) is 0 Å². The molecule has 0 aliphatic rings. The van der Waals surface area contributed by atoms with Crippen molar-refractivity contribution in [2.75, 3.05) is 0 Å². The number of thiazole rings is 1. The van der Waals surface area contributed by atoms with Gasteiger partial charge < -0.3 is 5.21 Å². The van der Waals surface area contributed by atoms with Gasteiger partial charge in [-0.2, -0.15) is 4.73 Å². The Morgan fingerprint density at radius 1 is 1.17 bits per heavy atom. The third kappa shape index (κ3) is 3.68. The second kappa shape index (κ2) is 5.26. The molecule has 12 heavy (non-hydrogen) atoms. The van der Waals surface area contributed by atoms with Gasteiger partial charge in [-0.3, -0.25) is 4.98 Å². The van der Waals surface area contributed by atoms with Gasteiger partial charge in [-0.15, -0.1) is 11.3 Å². The Bertz CT molecular complexity index is 266. The summed E-state index contributed by atoms with van der Waals surface area (Å²) in [6.45, 7) is 0. The van der Waals surface area contributed by atoms with E-state index < -0.39 is 0 Å². The van der Waals surface area contributed by atoms with Crippen LogP contribution in [0, 0.1) is 5.21 Å². The zero-order valence-electron chi connectivity index (χ0n) is 6.33. The van der Waals surface area contributed by atoms with E-state index in [0.717, 1.165) is 4.73 Å². The van der Waals surface area contributed by atoms with E-state index in [-0.39, 0.29) is 0 Å². The summed E-state index contributed by atoms with van der Waals surface area (Å²) in [4.78, 5) is 3.74. The summed E-state index contributed by atoms with van der Waals surface area (Å²) in [5.74, 6) is 0. The Balaban J connectivity index is 0.000000127. The topological polar surface area (TPSA) is 39.8 Å². The van der Waals surface area contributed by atoms with E-state index in [4.69, 9.17) is 0 Å². The lowest BCUT2D eigenvalue weighted by atomic mass is 10.5. The Morgan fingerprint density at radius 2 is 1.92 bits per heavy atom. The molecule has 2 heterocycles. The molecule has 0 unspecified atom stereocenters. The van der Waals surface area contributed by atoms with Crippen LogP contribution in [0.25, 0.3) is 0 Å². The smallest absolute Gasteiger partial charge is 0.180 e. The van der Waals surface area contributed by atoms with E-state index in [1.165, 1.54) is 12.4 Å². The summed E-state index contributed by atoms with van der Waals surface area (Å²) in [6.07, 6.45) is 4.66. The summed E-state index contributed by atoms with van der Waals surface area (Å²) in [7, 11) is 0. The second-order valence-corrected chi connectivity index (χ2v) is 2.67. The van der Waals surface area contributed by atoms with Crippen molar-refractivity contribution >= 4 is 11.3 Å². The number of rotatable bonds is 0. The number of hydrogen-bond donors (Lipinski definition) is 0. The summed E-state index contributed by atoms with van der Waals surface area (Å²) in [5, 5.41) is 12.1. The van der Waals surface area contributed by atoms with Gasteiger partial charge in [-0.25, -0.2) is 0 Å². The second-order valence-electron chi connectivity index (χ2n) is 1.91. The van der Waals surface area contributed by atoms with Crippen LogP contribution in [0.5, 0.6) is 0 Å². The van der Waals surface area contributed by atoms with Crippen LogP contribution < -0.4 is 4.73 Å². The van der Waals surface area contributed by atoms with E-state index in [2.05, 4.69) is 4.98 Å². The molecule has 2 rings (SSSR count). The molecule has 0 aromatic carbocycles.